The fourth-order valence-corrected chi connectivity index (χ4v) is 2.98. The fraction of sp³-hybridized carbons (Fsp3) is 0.400. The highest BCUT2D eigenvalue weighted by Gasteiger charge is 2.21. The Hall–Kier alpha value is -1.90. The quantitative estimate of drug-likeness (QED) is 0.667. The zero-order valence-corrected chi connectivity index (χ0v) is 13.9. The molecule has 0 saturated heterocycles. The average molecular weight is 316 g/mol. The lowest BCUT2D eigenvalue weighted by atomic mass is 9.87. The monoisotopic (exact) mass is 316 g/mol. The van der Waals surface area contributed by atoms with E-state index < -0.39 is 11.6 Å². The van der Waals surface area contributed by atoms with Crippen molar-refractivity contribution in [2.45, 2.75) is 51.9 Å². The van der Waals surface area contributed by atoms with Gasteiger partial charge in [-0.15, -0.1) is 0 Å². The Kier molecular flexibility index (Phi) is 4.13. The highest BCUT2D eigenvalue weighted by Crippen LogP contribution is 2.34. The van der Waals surface area contributed by atoms with Crippen LogP contribution >= 0.6 is 0 Å². The molecule has 23 heavy (non-hydrogen) atoms. The van der Waals surface area contributed by atoms with Gasteiger partial charge in [0.05, 0.1) is 0 Å². The van der Waals surface area contributed by atoms with E-state index in [1.807, 2.05) is 32.9 Å². The molecule has 0 heterocycles. The Morgan fingerprint density at radius 2 is 1.48 bits per heavy atom. The van der Waals surface area contributed by atoms with Crippen LogP contribution in [0, 0.1) is 11.6 Å². The van der Waals surface area contributed by atoms with Gasteiger partial charge >= 0.3 is 0 Å². The number of hydrogen-bond donors (Lipinski definition) is 0. The smallest absolute Gasteiger partial charge is 0.198 e. The van der Waals surface area contributed by atoms with Crippen molar-refractivity contribution in [3.05, 3.63) is 58.7 Å². The molecular formula is C20H22F2O. The summed E-state index contributed by atoms with van der Waals surface area (Å²) in [4.78, 5) is 0. The molecule has 0 amide bonds. The second-order valence-corrected chi connectivity index (χ2v) is 7.26. The second kappa shape index (κ2) is 5.95. The van der Waals surface area contributed by atoms with Crippen LogP contribution in [0.4, 0.5) is 8.78 Å². The number of ether oxygens (including phenoxy) is 1. The Balaban J connectivity index is 1.91. The van der Waals surface area contributed by atoms with Crippen LogP contribution in [-0.2, 0) is 18.3 Å². The molecule has 3 rings (SSSR count). The highest BCUT2D eigenvalue weighted by atomic mass is 19.1. The number of benzene rings is 2. The molecule has 1 aliphatic rings. The van der Waals surface area contributed by atoms with Crippen LogP contribution in [0.15, 0.2) is 30.3 Å². The molecule has 1 nitrogen and oxygen atoms in total. The molecule has 0 atom stereocenters. The van der Waals surface area contributed by atoms with E-state index in [1.165, 1.54) is 29.7 Å². The molecule has 0 unspecified atom stereocenters. The van der Waals surface area contributed by atoms with E-state index in [0.29, 0.717) is 11.3 Å². The normalized spacial score (nSPS) is 14.5. The van der Waals surface area contributed by atoms with Gasteiger partial charge in [0.2, 0.25) is 0 Å². The van der Waals surface area contributed by atoms with E-state index in [2.05, 4.69) is 0 Å². The summed E-state index contributed by atoms with van der Waals surface area (Å²) in [7, 11) is 0. The van der Waals surface area contributed by atoms with Crippen molar-refractivity contribution in [2.75, 3.05) is 0 Å². The first-order valence-electron chi connectivity index (χ1n) is 8.14. The van der Waals surface area contributed by atoms with Crippen LogP contribution in [0.2, 0.25) is 0 Å². The summed E-state index contributed by atoms with van der Waals surface area (Å²) in [6, 6.07) is 8.42. The lowest BCUT2D eigenvalue weighted by molar-refractivity contribution is 0.403. The average Bonchev–Trinajstić information content (AvgIpc) is 2.49. The molecular weight excluding hydrogens is 294 g/mol. The van der Waals surface area contributed by atoms with Gasteiger partial charge in [-0.3, -0.25) is 0 Å². The number of hydrogen-bond acceptors (Lipinski definition) is 1. The molecule has 2 aromatic rings. The minimum atomic E-state index is -0.660. The Morgan fingerprint density at radius 3 is 2.09 bits per heavy atom. The highest BCUT2D eigenvalue weighted by molar-refractivity contribution is 5.41. The third kappa shape index (κ3) is 3.39. The fourth-order valence-electron chi connectivity index (χ4n) is 2.98. The molecule has 0 aliphatic heterocycles. The molecule has 0 radical (unpaired) electrons. The summed E-state index contributed by atoms with van der Waals surface area (Å²) in [5.41, 5.74) is 2.84. The molecule has 3 heteroatoms. The first kappa shape index (κ1) is 16.0. The van der Waals surface area contributed by atoms with Crippen LogP contribution in [0.5, 0.6) is 11.5 Å². The van der Waals surface area contributed by atoms with Gasteiger partial charge in [0, 0.05) is 0 Å². The van der Waals surface area contributed by atoms with Crippen molar-refractivity contribution in [3.8, 4) is 11.5 Å². The third-order valence-corrected chi connectivity index (χ3v) is 4.40. The van der Waals surface area contributed by atoms with E-state index in [4.69, 9.17) is 4.74 Å². The summed E-state index contributed by atoms with van der Waals surface area (Å²) >= 11 is 0. The molecule has 2 aromatic carbocycles. The molecule has 0 fully saturated rings. The van der Waals surface area contributed by atoms with Crippen molar-refractivity contribution in [2.24, 2.45) is 0 Å². The molecule has 0 bridgehead atoms. The summed E-state index contributed by atoms with van der Waals surface area (Å²) in [6.07, 6.45) is 4.42. The first-order chi connectivity index (χ1) is 10.8. The van der Waals surface area contributed by atoms with Crippen molar-refractivity contribution < 1.29 is 13.5 Å². The summed E-state index contributed by atoms with van der Waals surface area (Å²) < 4.78 is 34.1. The van der Waals surface area contributed by atoms with E-state index in [9.17, 15) is 8.78 Å². The SMILES string of the molecule is CC(C)(C)c1cc(F)c(Oc2ccc3c(c2)CCCC3)c(F)c1. The number of fused-ring (bicyclic) bond motifs is 1. The van der Waals surface area contributed by atoms with Crippen LogP contribution in [-0.4, -0.2) is 0 Å². The standard InChI is InChI=1S/C20H22F2O/c1-20(2,3)15-11-17(21)19(18(22)12-15)23-16-9-8-13-6-4-5-7-14(13)10-16/h8-12H,4-7H2,1-3H3. The Morgan fingerprint density at radius 1 is 0.870 bits per heavy atom. The molecule has 0 N–H and O–H groups in total. The lowest BCUT2D eigenvalue weighted by Crippen LogP contribution is -2.12. The first-order valence-corrected chi connectivity index (χ1v) is 8.14. The van der Waals surface area contributed by atoms with Crippen molar-refractivity contribution in [1.29, 1.82) is 0 Å². The lowest BCUT2D eigenvalue weighted by Gasteiger charge is -2.20. The Bertz CT molecular complexity index is 706. The molecule has 1 aliphatic carbocycles. The van der Waals surface area contributed by atoms with Crippen molar-refractivity contribution in [1.82, 2.24) is 0 Å². The van der Waals surface area contributed by atoms with E-state index in [-0.39, 0.29) is 11.2 Å². The van der Waals surface area contributed by atoms with Gasteiger partial charge < -0.3 is 4.74 Å². The van der Waals surface area contributed by atoms with Crippen LogP contribution in [0.1, 0.15) is 50.3 Å². The number of halogens is 2. The predicted octanol–water partition coefficient (Wildman–Crippen LogP) is 5.93. The zero-order chi connectivity index (χ0) is 16.6. The van der Waals surface area contributed by atoms with Gasteiger partial charge in [0.25, 0.3) is 0 Å². The predicted molar refractivity (Wildman–Crippen MR) is 88.2 cm³/mol. The van der Waals surface area contributed by atoms with Gasteiger partial charge in [0.15, 0.2) is 17.4 Å². The number of rotatable bonds is 2. The topological polar surface area (TPSA) is 9.23 Å². The summed E-state index contributed by atoms with van der Waals surface area (Å²) in [6.45, 7) is 5.77. The molecule has 0 aromatic heterocycles. The van der Waals surface area contributed by atoms with Gasteiger partial charge in [-0.25, -0.2) is 8.78 Å². The van der Waals surface area contributed by atoms with Crippen molar-refractivity contribution in [3.63, 3.8) is 0 Å². The van der Waals surface area contributed by atoms with Gasteiger partial charge in [0.1, 0.15) is 5.75 Å². The maximum absolute atomic E-state index is 14.3. The molecule has 122 valence electrons. The van der Waals surface area contributed by atoms with Crippen LogP contribution < -0.4 is 4.74 Å². The third-order valence-electron chi connectivity index (χ3n) is 4.40. The minimum Gasteiger partial charge on any atom is -0.451 e. The largest absolute Gasteiger partial charge is 0.451 e. The maximum Gasteiger partial charge on any atom is 0.198 e. The molecule has 0 spiro atoms. The summed E-state index contributed by atoms with van der Waals surface area (Å²) in [5, 5.41) is 0. The zero-order valence-electron chi connectivity index (χ0n) is 13.9. The van der Waals surface area contributed by atoms with E-state index in [0.717, 1.165) is 19.3 Å². The van der Waals surface area contributed by atoms with Gasteiger partial charge in [-0.2, -0.15) is 0 Å². The summed E-state index contributed by atoms with van der Waals surface area (Å²) in [5.74, 6) is -1.15. The van der Waals surface area contributed by atoms with Gasteiger partial charge in [-0.05, 0) is 72.1 Å². The molecule has 0 saturated carbocycles. The Labute approximate surface area is 136 Å². The van der Waals surface area contributed by atoms with Crippen molar-refractivity contribution >= 4 is 0 Å². The van der Waals surface area contributed by atoms with E-state index in [1.54, 1.807) is 6.07 Å². The van der Waals surface area contributed by atoms with Crippen LogP contribution in [0.25, 0.3) is 0 Å². The minimum absolute atomic E-state index is 0.313. The van der Waals surface area contributed by atoms with E-state index >= 15 is 0 Å². The van der Waals surface area contributed by atoms with Crippen LogP contribution in [0.3, 0.4) is 0 Å². The maximum atomic E-state index is 14.3. The number of aryl methyl sites for hydroxylation is 2. The van der Waals surface area contributed by atoms with Gasteiger partial charge in [-0.1, -0.05) is 26.8 Å². The second-order valence-electron chi connectivity index (χ2n) is 7.26.